The van der Waals surface area contributed by atoms with Crippen LogP contribution < -0.4 is 5.32 Å². The molecule has 3 aromatic heterocycles. The van der Waals surface area contributed by atoms with Gasteiger partial charge in [0.1, 0.15) is 22.3 Å². The molecule has 3 heterocycles. The molecule has 0 saturated carbocycles. The molecule has 0 saturated heterocycles. The van der Waals surface area contributed by atoms with Crippen molar-refractivity contribution in [2.75, 3.05) is 0 Å². The summed E-state index contributed by atoms with van der Waals surface area (Å²) in [7, 11) is 0. The highest BCUT2D eigenvalue weighted by Crippen LogP contribution is 2.31. The molecular formula is C19H14F2N4OS2. The molecule has 28 heavy (non-hydrogen) atoms. The number of rotatable bonds is 5. The van der Waals surface area contributed by atoms with Crippen LogP contribution in [0.3, 0.4) is 0 Å². The van der Waals surface area contributed by atoms with Gasteiger partial charge in [-0.25, -0.2) is 13.8 Å². The number of H-pyrrole nitrogens is 1. The maximum absolute atomic E-state index is 13.9. The van der Waals surface area contributed by atoms with Gasteiger partial charge in [0.15, 0.2) is 0 Å². The van der Waals surface area contributed by atoms with E-state index >= 15 is 0 Å². The first kappa shape index (κ1) is 18.5. The van der Waals surface area contributed by atoms with Crippen LogP contribution in [-0.4, -0.2) is 21.1 Å². The predicted octanol–water partition coefficient (Wildman–Crippen LogP) is 4.78. The van der Waals surface area contributed by atoms with E-state index in [1.165, 1.54) is 23.5 Å². The molecule has 0 bridgehead atoms. The number of halogens is 2. The molecule has 1 aromatic carbocycles. The molecule has 0 unspecified atom stereocenters. The molecule has 142 valence electrons. The smallest absolute Gasteiger partial charge is 0.269 e. The highest BCUT2D eigenvalue weighted by atomic mass is 32.1. The summed E-state index contributed by atoms with van der Waals surface area (Å²) in [5, 5.41) is 12.3. The molecule has 9 heteroatoms. The van der Waals surface area contributed by atoms with E-state index in [9.17, 15) is 13.6 Å². The Balaban J connectivity index is 1.46. The number of nitrogens with zero attached hydrogens (tertiary/aromatic N) is 2. The van der Waals surface area contributed by atoms with Crippen LogP contribution in [0.4, 0.5) is 8.78 Å². The Morgan fingerprint density at radius 2 is 2.11 bits per heavy atom. The van der Waals surface area contributed by atoms with Crippen molar-refractivity contribution in [3.63, 3.8) is 0 Å². The molecule has 4 aromatic rings. The number of nitrogens with one attached hydrogen (secondary N) is 2. The first-order valence-corrected chi connectivity index (χ1v) is 10.00. The second-order valence-corrected chi connectivity index (χ2v) is 8.01. The van der Waals surface area contributed by atoms with E-state index in [4.69, 9.17) is 0 Å². The van der Waals surface area contributed by atoms with E-state index in [1.54, 1.807) is 11.3 Å². The van der Waals surface area contributed by atoms with Gasteiger partial charge in [-0.3, -0.25) is 9.89 Å². The molecule has 0 aliphatic carbocycles. The first-order valence-electron chi connectivity index (χ1n) is 8.30. The first-order chi connectivity index (χ1) is 13.5. The lowest BCUT2D eigenvalue weighted by Gasteiger charge is -2.01. The number of aromatic amines is 1. The number of carbonyl (C=O) groups is 1. The third-order valence-electron chi connectivity index (χ3n) is 4.06. The van der Waals surface area contributed by atoms with E-state index in [1.807, 2.05) is 24.4 Å². The van der Waals surface area contributed by atoms with Gasteiger partial charge in [0.05, 0.1) is 22.8 Å². The standard InChI is InChI=1S/C19H14F2N4OS2/c1-10-17(28-19(23-10)16-3-2-6-27-16)9-22-18(26)15-8-14(24-25-15)12-5-4-11(20)7-13(12)21/h2-8H,9H2,1H3,(H,22,26)(H,24,25). The van der Waals surface area contributed by atoms with Crippen molar-refractivity contribution in [1.29, 1.82) is 0 Å². The number of carbonyl (C=O) groups excluding carboxylic acids is 1. The largest absolute Gasteiger partial charge is 0.346 e. The van der Waals surface area contributed by atoms with E-state index < -0.39 is 11.6 Å². The molecule has 2 N–H and O–H groups in total. The highest BCUT2D eigenvalue weighted by Gasteiger charge is 2.16. The Kier molecular flexibility index (Phi) is 5.01. The Bertz CT molecular complexity index is 1130. The Labute approximate surface area is 167 Å². The van der Waals surface area contributed by atoms with Crippen molar-refractivity contribution in [3.8, 4) is 21.1 Å². The molecule has 0 aliphatic rings. The van der Waals surface area contributed by atoms with Gasteiger partial charge < -0.3 is 5.32 Å². The lowest BCUT2D eigenvalue weighted by molar-refractivity contribution is 0.0946. The summed E-state index contributed by atoms with van der Waals surface area (Å²) >= 11 is 3.15. The molecule has 0 aliphatic heterocycles. The number of hydrogen-bond donors (Lipinski definition) is 2. The maximum atomic E-state index is 13.9. The minimum absolute atomic E-state index is 0.121. The Morgan fingerprint density at radius 1 is 1.25 bits per heavy atom. The average Bonchev–Trinajstić information content (AvgIpc) is 3.40. The van der Waals surface area contributed by atoms with Gasteiger partial charge in [-0.05, 0) is 36.6 Å². The Morgan fingerprint density at radius 3 is 2.86 bits per heavy atom. The van der Waals surface area contributed by atoms with Gasteiger partial charge in [0.25, 0.3) is 5.91 Å². The Hall–Kier alpha value is -2.91. The van der Waals surface area contributed by atoms with Crippen LogP contribution in [0.5, 0.6) is 0 Å². The molecular weight excluding hydrogens is 402 g/mol. The van der Waals surface area contributed by atoms with Gasteiger partial charge in [0, 0.05) is 16.5 Å². The van der Waals surface area contributed by atoms with Crippen LogP contribution in [-0.2, 0) is 6.54 Å². The molecule has 0 fully saturated rings. The second-order valence-electron chi connectivity index (χ2n) is 5.98. The number of thiazole rings is 1. The van der Waals surface area contributed by atoms with Crippen LogP contribution in [0.1, 0.15) is 21.1 Å². The maximum Gasteiger partial charge on any atom is 0.269 e. The second kappa shape index (κ2) is 7.61. The van der Waals surface area contributed by atoms with E-state index in [2.05, 4.69) is 20.5 Å². The summed E-state index contributed by atoms with van der Waals surface area (Å²) in [4.78, 5) is 19.0. The van der Waals surface area contributed by atoms with Gasteiger partial charge in [0.2, 0.25) is 0 Å². The number of hydrogen-bond acceptors (Lipinski definition) is 5. The average molecular weight is 416 g/mol. The zero-order valence-corrected chi connectivity index (χ0v) is 16.3. The van der Waals surface area contributed by atoms with Crippen LogP contribution in [0, 0.1) is 18.6 Å². The number of thiophene rings is 1. The van der Waals surface area contributed by atoms with Gasteiger partial charge in [-0.15, -0.1) is 22.7 Å². The summed E-state index contributed by atoms with van der Waals surface area (Å²) in [5.74, 6) is -1.77. The van der Waals surface area contributed by atoms with Crippen molar-refractivity contribution < 1.29 is 13.6 Å². The van der Waals surface area contributed by atoms with Crippen molar-refractivity contribution in [2.45, 2.75) is 13.5 Å². The monoisotopic (exact) mass is 416 g/mol. The molecule has 1 amide bonds. The lowest BCUT2D eigenvalue weighted by Crippen LogP contribution is -2.23. The summed E-state index contributed by atoms with van der Waals surface area (Å²) in [5.41, 5.74) is 1.42. The van der Waals surface area contributed by atoms with Crippen molar-refractivity contribution >= 4 is 28.6 Å². The fraction of sp³-hybridized carbons (Fsp3) is 0.105. The number of aromatic nitrogens is 3. The zero-order valence-electron chi connectivity index (χ0n) is 14.6. The van der Waals surface area contributed by atoms with Gasteiger partial charge in [-0.1, -0.05) is 6.07 Å². The van der Waals surface area contributed by atoms with Crippen LogP contribution in [0.2, 0.25) is 0 Å². The fourth-order valence-corrected chi connectivity index (χ4v) is 4.43. The zero-order chi connectivity index (χ0) is 19.7. The summed E-state index contributed by atoms with van der Waals surface area (Å²) in [6.45, 7) is 2.23. The van der Waals surface area contributed by atoms with Crippen molar-refractivity contribution in [1.82, 2.24) is 20.5 Å². The van der Waals surface area contributed by atoms with Gasteiger partial charge in [-0.2, -0.15) is 5.10 Å². The van der Waals surface area contributed by atoms with E-state index in [-0.39, 0.29) is 22.9 Å². The van der Waals surface area contributed by atoms with Gasteiger partial charge >= 0.3 is 0 Å². The molecule has 0 spiro atoms. The quantitative estimate of drug-likeness (QED) is 0.492. The van der Waals surface area contributed by atoms with Crippen molar-refractivity contribution in [3.05, 3.63) is 69.7 Å². The topological polar surface area (TPSA) is 70.7 Å². The van der Waals surface area contributed by atoms with E-state index in [0.29, 0.717) is 6.54 Å². The summed E-state index contributed by atoms with van der Waals surface area (Å²) < 4.78 is 26.9. The molecule has 0 atom stereocenters. The molecule has 5 nitrogen and oxygen atoms in total. The minimum Gasteiger partial charge on any atom is -0.346 e. The van der Waals surface area contributed by atoms with Crippen LogP contribution in [0.15, 0.2) is 41.8 Å². The summed E-state index contributed by atoms with van der Waals surface area (Å²) in [6, 6.07) is 8.62. The molecule has 0 radical (unpaired) electrons. The van der Waals surface area contributed by atoms with Crippen molar-refractivity contribution in [2.24, 2.45) is 0 Å². The SMILES string of the molecule is Cc1nc(-c2cccs2)sc1CNC(=O)c1cc(-c2ccc(F)cc2F)n[nH]1. The lowest BCUT2D eigenvalue weighted by atomic mass is 10.1. The third kappa shape index (κ3) is 3.71. The predicted molar refractivity (Wildman–Crippen MR) is 105 cm³/mol. The minimum atomic E-state index is -0.736. The third-order valence-corrected chi connectivity index (χ3v) is 6.26. The number of aryl methyl sites for hydroxylation is 1. The number of amides is 1. The summed E-state index contributed by atoms with van der Waals surface area (Å²) in [6.07, 6.45) is 0. The number of benzene rings is 1. The van der Waals surface area contributed by atoms with E-state index in [0.717, 1.165) is 32.6 Å². The fourth-order valence-electron chi connectivity index (χ4n) is 2.63. The molecule has 4 rings (SSSR count). The normalized spacial score (nSPS) is 11.0. The van der Waals surface area contributed by atoms with Crippen LogP contribution >= 0.6 is 22.7 Å². The van der Waals surface area contributed by atoms with Crippen LogP contribution in [0.25, 0.3) is 21.1 Å². The highest BCUT2D eigenvalue weighted by molar-refractivity contribution is 7.21.